The summed E-state index contributed by atoms with van der Waals surface area (Å²) in [7, 11) is 1.85. The fraction of sp³-hybridized carbons (Fsp3) is 0.250. The Balaban J connectivity index is 2.17. The second-order valence-corrected chi connectivity index (χ2v) is 4.31. The van der Waals surface area contributed by atoms with Crippen LogP contribution >= 0.6 is 11.6 Å². The molecule has 0 saturated heterocycles. The van der Waals surface area contributed by atoms with E-state index < -0.39 is 0 Å². The van der Waals surface area contributed by atoms with Gasteiger partial charge in [0, 0.05) is 24.3 Å². The van der Waals surface area contributed by atoms with Gasteiger partial charge >= 0.3 is 0 Å². The van der Waals surface area contributed by atoms with E-state index >= 15 is 0 Å². The quantitative estimate of drug-likeness (QED) is 0.909. The summed E-state index contributed by atoms with van der Waals surface area (Å²) in [5, 5.41) is 7.83. The number of nitrogens with zero attached hydrogens (tertiary/aromatic N) is 2. The molecule has 17 heavy (non-hydrogen) atoms. The lowest BCUT2D eigenvalue weighted by Gasteiger charge is -2.15. The molecule has 0 aliphatic carbocycles. The van der Waals surface area contributed by atoms with Gasteiger partial charge in [-0.3, -0.25) is 4.68 Å². The van der Waals surface area contributed by atoms with E-state index in [-0.39, 0.29) is 11.9 Å². The lowest BCUT2D eigenvalue weighted by Crippen LogP contribution is -2.08. The molecule has 1 unspecified atom stereocenters. The second kappa shape index (κ2) is 4.75. The van der Waals surface area contributed by atoms with E-state index in [0.29, 0.717) is 5.02 Å². The minimum Gasteiger partial charge on any atom is -0.362 e. The molecule has 0 fully saturated rings. The van der Waals surface area contributed by atoms with Crippen LogP contribution in [0.1, 0.15) is 18.5 Å². The van der Waals surface area contributed by atoms with Crippen LogP contribution in [0.3, 0.4) is 0 Å². The first-order chi connectivity index (χ1) is 8.06. The first-order valence-electron chi connectivity index (χ1n) is 5.27. The van der Waals surface area contributed by atoms with Crippen molar-refractivity contribution in [3.05, 3.63) is 46.9 Å². The Morgan fingerprint density at radius 3 is 2.76 bits per heavy atom. The van der Waals surface area contributed by atoms with Gasteiger partial charge in [0.05, 0.1) is 6.04 Å². The van der Waals surface area contributed by atoms with E-state index in [1.807, 2.05) is 26.2 Å². The van der Waals surface area contributed by atoms with Gasteiger partial charge in [0.15, 0.2) is 0 Å². The van der Waals surface area contributed by atoms with Crippen molar-refractivity contribution < 1.29 is 4.39 Å². The monoisotopic (exact) mass is 253 g/mol. The lowest BCUT2D eigenvalue weighted by molar-refractivity contribution is 0.626. The van der Waals surface area contributed by atoms with Crippen molar-refractivity contribution in [1.29, 1.82) is 0 Å². The van der Waals surface area contributed by atoms with Gasteiger partial charge in [-0.05, 0) is 24.6 Å². The highest BCUT2D eigenvalue weighted by atomic mass is 35.5. The van der Waals surface area contributed by atoms with Crippen LogP contribution in [0, 0.1) is 5.82 Å². The van der Waals surface area contributed by atoms with E-state index in [1.54, 1.807) is 10.7 Å². The highest BCUT2D eigenvalue weighted by Gasteiger charge is 2.11. The van der Waals surface area contributed by atoms with Gasteiger partial charge in [0.2, 0.25) is 0 Å². The molecule has 0 saturated carbocycles. The lowest BCUT2D eigenvalue weighted by atomic mass is 10.1. The van der Waals surface area contributed by atoms with Gasteiger partial charge < -0.3 is 5.32 Å². The number of aryl methyl sites for hydroxylation is 1. The van der Waals surface area contributed by atoms with Crippen molar-refractivity contribution >= 4 is 17.4 Å². The molecule has 1 aromatic carbocycles. The summed E-state index contributed by atoms with van der Waals surface area (Å²) >= 11 is 5.99. The minimum atomic E-state index is -0.330. The van der Waals surface area contributed by atoms with Gasteiger partial charge in [-0.1, -0.05) is 17.7 Å². The number of benzene rings is 1. The molecule has 0 bridgehead atoms. The molecule has 0 aliphatic rings. The average Bonchev–Trinajstić information content (AvgIpc) is 2.63. The maximum atomic E-state index is 12.9. The van der Waals surface area contributed by atoms with Crippen LogP contribution in [0.2, 0.25) is 5.02 Å². The molecule has 3 nitrogen and oxygen atoms in total. The number of anilines is 1. The molecule has 90 valence electrons. The van der Waals surface area contributed by atoms with E-state index in [9.17, 15) is 4.39 Å². The highest BCUT2D eigenvalue weighted by Crippen LogP contribution is 2.25. The summed E-state index contributed by atoms with van der Waals surface area (Å²) < 4.78 is 14.6. The van der Waals surface area contributed by atoms with Crippen LogP contribution in [-0.4, -0.2) is 9.78 Å². The molecule has 1 heterocycles. The summed E-state index contributed by atoms with van der Waals surface area (Å²) in [6.07, 6.45) is 1.85. The predicted molar refractivity (Wildman–Crippen MR) is 66.7 cm³/mol. The molecule has 0 amide bonds. The Bertz CT molecular complexity index is 524. The van der Waals surface area contributed by atoms with Crippen molar-refractivity contribution in [3.8, 4) is 0 Å². The van der Waals surface area contributed by atoms with Crippen LogP contribution in [0.15, 0.2) is 30.5 Å². The SMILES string of the molecule is CC(Nc1ccn(C)n1)c1ccc(F)cc1Cl. The maximum Gasteiger partial charge on any atom is 0.148 e. The Hall–Kier alpha value is -1.55. The number of halogens is 2. The minimum absolute atomic E-state index is 0.0296. The van der Waals surface area contributed by atoms with Crippen LogP contribution in [-0.2, 0) is 7.05 Å². The first kappa shape index (κ1) is 11.9. The van der Waals surface area contributed by atoms with Crippen molar-refractivity contribution in [2.45, 2.75) is 13.0 Å². The number of aromatic nitrogens is 2. The third kappa shape index (κ3) is 2.77. The van der Waals surface area contributed by atoms with Gasteiger partial charge in [-0.15, -0.1) is 0 Å². The van der Waals surface area contributed by atoms with Crippen molar-refractivity contribution in [2.24, 2.45) is 7.05 Å². The topological polar surface area (TPSA) is 29.9 Å². The largest absolute Gasteiger partial charge is 0.362 e. The smallest absolute Gasteiger partial charge is 0.148 e. The van der Waals surface area contributed by atoms with E-state index in [1.165, 1.54) is 12.1 Å². The summed E-state index contributed by atoms with van der Waals surface area (Å²) in [6, 6.07) is 6.23. The third-order valence-corrected chi connectivity index (χ3v) is 2.83. The van der Waals surface area contributed by atoms with Crippen LogP contribution in [0.25, 0.3) is 0 Å². The molecule has 0 radical (unpaired) electrons. The molecule has 1 N–H and O–H groups in total. The van der Waals surface area contributed by atoms with Gasteiger partial charge in [0.25, 0.3) is 0 Å². The van der Waals surface area contributed by atoms with Crippen molar-refractivity contribution in [2.75, 3.05) is 5.32 Å². The number of hydrogen-bond donors (Lipinski definition) is 1. The summed E-state index contributed by atoms with van der Waals surface area (Å²) in [6.45, 7) is 1.95. The summed E-state index contributed by atoms with van der Waals surface area (Å²) in [5.41, 5.74) is 0.846. The Kier molecular flexibility index (Phi) is 3.33. The molecular weight excluding hydrogens is 241 g/mol. The highest BCUT2D eigenvalue weighted by molar-refractivity contribution is 6.31. The predicted octanol–water partition coefficient (Wildman–Crippen LogP) is 3.39. The molecule has 1 atom stereocenters. The van der Waals surface area contributed by atoms with Gasteiger partial charge in [0.1, 0.15) is 11.6 Å². The number of hydrogen-bond acceptors (Lipinski definition) is 2. The zero-order chi connectivity index (χ0) is 12.4. The van der Waals surface area contributed by atoms with Crippen molar-refractivity contribution in [3.63, 3.8) is 0 Å². The van der Waals surface area contributed by atoms with E-state index in [2.05, 4.69) is 10.4 Å². The number of rotatable bonds is 3. The first-order valence-corrected chi connectivity index (χ1v) is 5.65. The molecule has 1 aromatic heterocycles. The Morgan fingerprint density at radius 2 is 2.18 bits per heavy atom. The van der Waals surface area contributed by atoms with Crippen molar-refractivity contribution in [1.82, 2.24) is 9.78 Å². The summed E-state index contributed by atoms with van der Waals surface area (Å²) in [5.74, 6) is 0.434. The molecule has 2 aromatic rings. The van der Waals surface area contributed by atoms with Crippen LogP contribution < -0.4 is 5.32 Å². The molecular formula is C12H13ClFN3. The molecule has 5 heteroatoms. The van der Waals surface area contributed by atoms with E-state index in [0.717, 1.165) is 11.4 Å². The molecule has 0 aliphatic heterocycles. The maximum absolute atomic E-state index is 12.9. The Morgan fingerprint density at radius 1 is 1.41 bits per heavy atom. The van der Waals surface area contributed by atoms with Crippen LogP contribution in [0.4, 0.5) is 10.2 Å². The fourth-order valence-electron chi connectivity index (χ4n) is 1.64. The van der Waals surface area contributed by atoms with Crippen LogP contribution in [0.5, 0.6) is 0 Å². The average molecular weight is 254 g/mol. The fourth-order valence-corrected chi connectivity index (χ4v) is 1.98. The molecule has 0 spiro atoms. The Labute approximate surface area is 104 Å². The zero-order valence-corrected chi connectivity index (χ0v) is 10.4. The third-order valence-electron chi connectivity index (χ3n) is 2.51. The zero-order valence-electron chi connectivity index (χ0n) is 9.61. The molecule has 2 rings (SSSR count). The summed E-state index contributed by atoms with van der Waals surface area (Å²) in [4.78, 5) is 0. The van der Waals surface area contributed by atoms with E-state index in [4.69, 9.17) is 11.6 Å². The normalized spacial score (nSPS) is 12.5. The second-order valence-electron chi connectivity index (χ2n) is 3.91. The number of nitrogens with one attached hydrogen (secondary N) is 1. The van der Waals surface area contributed by atoms with Gasteiger partial charge in [-0.25, -0.2) is 4.39 Å². The standard InChI is InChI=1S/C12H13ClFN3/c1-8(15-12-5-6-17(2)16-12)10-4-3-9(14)7-11(10)13/h3-8H,1-2H3,(H,15,16). The van der Waals surface area contributed by atoms with Gasteiger partial charge in [-0.2, -0.15) is 5.10 Å².